The first-order valence-corrected chi connectivity index (χ1v) is 5.62. The lowest BCUT2D eigenvalue weighted by Gasteiger charge is -2.15. The molecule has 1 aromatic rings. The van der Waals surface area contributed by atoms with E-state index < -0.39 is 22.9 Å². The van der Waals surface area contributed by atoms with Crippen molar-refractivity contribution in [3.8, 4) is 0 Å². The van der Waals surface area contributed by atoms with Crippen LogP contribution in [0.15, 0.2) is 18.2 Å². The molecule has 0 fully saturated rings. The summed E-state index contributed by atoms with van der Waals surface area (Å²) in [6.07, 6.45) is 0. The summed E-state index contributed by atoms with van der Waals surface area (Å²) in [4.78, 5) is 33.4. The van der Waals surface area contributed by atoms with Gasteiger partial charge in [0.15, 0.2) is 0 Å². The third kappa shape index (κ3) is 3.22. The number of nitrogens with one attached hydrogen (secondary N) is 1. The van der Waals surface area contributed by atoms with E-state index in [2.05, 4.69) is 14.8 Å². The number of benzene rings is 1. The Labute approximate surface area is 114 Å². The van der Waals surface area contributed by atoms with E-state index in [1.807, 2.05) is 0 Å². The van der Waals surface area contributed by atoms with Crippen molar-refractivity contribution >= 4 is 23.3 Å². The van der Waals surface area contributed by atoms with Gasteiger partial charge < -0.3 is 14.8 Å². The number of carbonyl (C=O) groups is 2. The normalized spacial score (nSPS) is 11.3. The molecule has 1 unspecified atom stereocenters. The Kier molecular flexibility index (Phi) is 5.01. The number of nitro benzene ring substituents is 1. The zero-order valence-electron chi connectivity index (χ0n) is 11.2. The number of nitrogens with zero attached hydrogens (tertiary/aromatic N) is 1. The maximum absolute atomic E-state index is 11.6. The van der Waals surface area contributed by atoms with Crippen molar-refractivity contribution in [2.24, 2.45) is 0 Å². The number of esters is 2. The molecule has 0 bridgehead atoms. The van der Waals surface area contributed by atoms with Gasteiger partial charge in [0.2, 0.25) is 0 Å². The lowest BCUT2D eigenvalue weighted by atomic mass is 10.1. The second kappa shape index (κ2) is 6.50. The van der Waals surface area contributed by atoms with Crippen molar-refractivity contribution in [1.82, 2.24) is 0 Å². The summed E-state index contributed by atoms with van der Waals surface area (Å²) in [7, 11) is 2.36. The van der Waals surface area contributed by atoms with Gasteiger partial charge in [-0.2, -0.15) is 0 Å². The maximum atomic E-state index is 11.6. The highest BCUT2D eigenvalue weighted by Gasteiger charge is 2.25. The Morgan fingerprint density at radius 3 is 2.45 bits per heavy atom. The van der Waals surface area contributed by atoms with Crippen LogP contribution in [-0.2, 0) is 14.3 Å². The molecular weight excluding hydrogens is 268 g/mol. The van der Waals surface area contributed by atoms with Gasteiger partial charge in [-0.15, -0.1) is 0 Å². The number of anilines is 1. The highest BCUT2D eigenvalue weighted by Crippen LogP contribution is 2.29. The predicted octanol–water partition coefficient (Wildman–Crippen LogP) is 1.35. The molecule has 8 heteroatoms. The largest absolute Gasteiger partial charge is 0.467 e. The highest BCUT2D eigenvalue weighted by atomic mass is 16.6. The number of methoxy groups -OCH3 is 2. The van der Waals surface area contributed by atoms with Crippen molar-refractivity contribution in [2.75, 3.05) is 19.5 Å². The van der Waals surface area contributed by atoms with E-state index in [9.17, 15) is 19.7 Å². The Morgan fingerprint density at radius 2 is 1.95 bits per heavy atom. The molecule has 0 amide bonds. The van der Waals surface area contributed by atoms with Crippen LogP contribution in [0.1, 0.15) is 17.3 Å². The lowest BCUT2D eigenvalue weighted by molar-refractivity contribution is -0.384. The molecule has 108 valence electrons. The summed E-state index contributed by atoms with van der Waals surface area (Å²) in [5, 5.41) is 13.6. The smallest absolute Gasteiger partial charge is 0.340 e. The molecular formula is C12H14N2O6. The van der Waals surface area contributed by atoms with Gasteiger partial charge in [0, 0.05) is 6.07 Å². The van der Waals surface area contributed by atoms with E-state index in [0.29, 0.717) is 0 Å². The zero-order valence-corrected chi connectivity index (χ0v) is 11.2. The number of nitro groups is 1. The molecule has 0 spiro atoms. The summed E-state index contributed by atoms with van der Waals surface area (Å²) < 4.78 is 9.09. The van der Waals surface area contributed by atoms with Crippen LogP contribution in [0.2, 0.25) is 0 Å². The summed E-state index contributed by atoms with van der Waals surface area (Å²) in [6.45, 7) is 1.46. The Bertz CT molecular complexity index is 543. The number of hydrogen-bond donors (Lipinski definition) is 1. The number of ether oxygens (including phenoxy) is 2. The van der Waals surface area contributed by atoms with E-state index in [1.165, 1.54) is 32.2 Å². The quantitative estimate of drug-likeness (QED) is 0.493. The fourth-order valence-electron chi connectivity index (χ4n) is 1.58. The van der Waals surface area contributed by atoms with Gasteiger partial charge >= 0.3 is 11.9 Å². The van der Waals surface area contributed by atoms with Gasteiger partial charge in [0.25, 0.3) is 5.69 Å². The van der Waals surface area contributed by atoms with Crippen molar-refractivity contribution < 1.29 is 24.0 Å². The topological polar surface area (TPSA) is 108 Å². The Hall–Kier alpha value is -2.64. The number of hydrogen-bond acceptors (Lipinski definition) is 7. The fourth-order valence-corrected chi connectivity index (χ4v) is 1.58. The third-order valence-electron chi connectivity index (χ3n) is 2.56. The summed E-state index contributed by atoms with van der Waals surface area (Å²) in [5.41, 5.74) is -0.441. The fraction of sp³-hybridized carbons (Fsp3) is 0.333. The molecule has 0 radical (unpaired) electrons. The number of carbonyl (C=O) groups excluding carboxylic acids is 2. The molecule has 0 aliphatic carbocycles. The zero-order chi connectivity index (χ0) is 15.3. The molecule has 20 heavy (non-hydrogen) atoms. The van der Waals surface area contributed by atoms with Crippen LogP contribution < -0.4 is 5.32 Å². The predicted molar refractivity (Wildman–Crippen MR) is 69.5 cm³/mol. The van der Waals surface area contributed by atoms with Gasteiger partial charge in [0.1, 0.15) is 11.7 Å². The van der Waals surface area contributed by atoms with Crippen LogP contribution in [0.4, 0.5) is 11.4 Å². The van der Waals surface area contributed by atoms with Gasteiger partial charge in [-0.05, 0) is 13.0 Å². The molecule has 1 N–H and O–H groups in total. The molecule has 0 heterocycles. The second-order valence-electron chi connectivity index (χ2n) is 3.84. The standard InChI is InChI=1S/C12H14N2O6/c1-7(11(15)19-2)13-10-8(12(16)20-3)5-4-6-9(10)14(17)18/h4-7,13H,1-3H3. The molecule has 1 aromatic carbocycles. The molecule has 0 aliphatic rings. The van der Waals surface area contributed by atoms with Crippen LogP contribution >= 0.6 is 0 Å². The summed E-state index contributed by atoms with van der Waals surface area (Å²) in [6, 6.07) is 3.09. The van der Waals surface area contributed by atoms with Gasteiger partial charge in [-0.1, -0.05) is 6.07 Å². The summed E-state index contributed by atoms with van der Waals surface area (Å²) >= 11 is 0. The number of rotatable bonds is 5. The molecule has 0 saturated carbocycles. The van der Waals surface area contributed by atoms with Crippen molar-refractivity contribution in [1.29, 1.82) is 0 Å². The average molecular weight is 282 g/mol. The SMILES string of the molecule is COC(=O)c1cccc([N+](=O)[O-])c1NC(C)C(=O)OC. The Balaban J connectivity index is 3.28. The first-order valence-electron chi connectivity index (χ1n) is 5.62. The lowest BCUT2D eigenvalue weighted by Crippen LogP contribution is -2.28. The highest BCUT2D eigenvalue weighted by molar-refractivity contribution is 5.99. The molecule has 1 atom stereocenters. The minimum Gasteiger partial charge on any atom is -0.467 e. The van der Waals surface area contributed by atoms with E-state index >= 15 is 0 Å². The Morgan fingerprint density at radius 1 is 1.30 bits per heavy atom. The first kappa shape index (κ1) is 15.4. The van der Waals surface area contributed by atoms with Crippen molar-refractivity contribution in [3.63, 3.8) is 0 Å². The van der Waals surface area contributed by atoms with E-state index in [0.717, 1.165) is 7.11 Å². The van der Waals surface area contributed by atoms with Crippen LogP contribution in [-0.4, -0.2) is 37.1 Å². The van der Waals surface area contributed by atoms with Crippen molar-refractivity contribution in [2.45, 2.75) is 13.0 Å². The first-order chi connectivity index (χ1) is 9.42. The third-order valence-corrected chi connectivity index (χ3v) is 2.56. The second-order valence-corrected chi connectivity index (χ2v) is 3.84. The molecule has 1 rings (SSSR count). The van der Waals surface area contributed by atoms with Gasteiger partial charge in [0.05, 0.1) is 24.7 Å². The van der Waals surface area contributed by atoms with Crippen LogP contribution in [0.5, 0.6) is 0 Å². The van der Waals surface area contributed by atoms with E-state index in [1.54, 1.807) is 0 Å². The van der Waals surface area contributed by atoms with Crippen LogP contribution in [0.3, 0.4) is 0 Å². The van der Waals surface area contributed by atoms with E-state index in [-0.39, 0.29) is 16.9 Å². The van der Waals surface area contributed by atoms with Gasteiger partial charge in [-0.3, -0.25) is 10.1 Å². The van der Waals surface area contributed by atoms with E-state index in [4.69, 9.17) is 0 Å². The van der Waals surface area contributed by atoms with Crippen LogP contribution in [0, 0.1) is 10.1 Å². The van der Waals surface area contributed by atoms with Crippen molar-refractivity contribution in [3.05, 3.63) is 33.9 Å². The number of para-hydroxylation sites is 1. The summed E-state index contributed by atoms with van der Waals surface area (Å²) in [5.74, 6) is -1.35. The molecule has 0 aromatic heterocycles. The minimum absolute atomic E-state index is 0.0301. The molecule has 0 aliphatic heterocycles. The molecule has 0 saturated heterocycles. The van der Waals surface area contributed by atoms with Gasteiger partial charge in [-0.25, -0.2) is 9.59 Å². The van der Waals surface area contributed by atoms with Crippen LogP contribution in [0.25, 0.3) is 0 Å². The molecule has 8 nitrogen and oxygen atoms in total. The monoisotopic (exact) mass is 282 g/mol. The average Bonchev–Trinajstić information content (AvgIpc) is 2.45. The maximum Gasteiger partial charge on any atom is 0.340 e. The minimum atomic E-state index is -0.857.